The van der Waals surface area contributed by atoms with E-state index in [1.54, 1.807) is 36.4 Å². The maximum absolute atomic E-state index is 12.3. The quantitative estimate of drug-likeness (QED) is 0.697. The fourth-order valence-electron chi connectivity index (χ4n) is 1.74. The molecule has 0 heterocycles. The van der Waals surface area contributed by atoms with Gasteiger partial charge in [0.1, 0.15) is 5.75 Å². The van der Waals surface area contributed by atoms with Crippen LogP contribution in [0.2, 0.25) is 5.02 Å². The Labute approximate surface area is 131 Å². The minimum Gasteiger partial charge on any atom is -0.492 e. The third-order valence-corrected chi connectivity index (χ3v) is 3.63. The largest absolute Gasteiger partial charge is 0.492 e. The minimum atomic E-state index is -0.0376. The van der Waals surface area contributed by atoms with Crippen LogP contribution in [0, 0.1) is 0 Å². The summed E-state index contributed by atoms with van der Waals surface area (Å²) in [4.78, 5) is 12.3. The number of ketones is 1. The predicted octanol–water partition coefficient (Wildman–Crippen LogP) is 5.12. The summed E-state index contributed by atoms with van der Waals surface area (Å²) in [6, 6.07) is 12.2. The van der Waals surface area contributed by atoms with Crippen LogP contribution in [0.4, 0.5) is 0 Å². The third kappa shape index (κ3) is 3.62. The molecule has 0 aliphatic rings. The van der Waals surface area contributed by atoms with E-state index in [0.717, 1.165) is 16.6 Å². The SMILES string of the molecule is CCCOc1ccc(C(=O)c2ccc(Cl)cc2)cc1Br. The molecular weight excluding hydrogens is 340 g/mol. The van der Waals surface area contributed by atoms with Gasteiger partial charge in [-0.25, -0.2) is 0 Å². The van der Waals surface area contributed by atoms with Gasteiger partial charge in [-0.2, -0.15) is 0 Å². The van der Waals surface area contributed by atoms with Crippen LogP contribution < -0.4 is 4.74 Å². The van der Waals surface area contributed by atoms with Gasteiger partial charge in [0, 0.05) is 16.1 Å². The number of hydrogen-bond acceptors (Lipinski definition) is 2. The fraction of sp³-hybridized carbons (Fsp3) is 0.188. The highest BCUT2D eigenvalue weighted by molar-refractivity contribution is 9.10. The number of benzene rings is 2. The summed E-state index contributed by atoms with van der Waals surface area (Å²) in [5.74, 6) is 0.712. The van der Waals surface area contributed by atoms with Gasteiger partial charge in [0.15, 0.2) is 5.78 Å². The highest BCUT2D eigenvalue weighted by Gasteiger charge is 2.11. The molecule has 0 aromatic heterocycles. The van der Waals surface area contributed by atoms with E-state index in [9.17, 15) is 4.79 Å². The van der Waals surface area contributed by atoms with E-state index in [1.165, 1.54) is 0 Å². The Morgan fingerprint density at radius 2 is 1.80 bits per heavy atom. The summed E-state index contributed by atoms with van der Waals surface area (Å²) in [6.45, 7) is 2.70. The summed E-state index contributed by atoms with van der Waals surface area (Å²) < 4.78 is 6.35. The van der Waals surface area contributed by atoms with Gasteiger partial charge in [0.2, 0.25) is 0 Å². The Hall–Kier alpha value is -1.32. The second-order valence-corrected chi connectivity index (χ2v) is 5.62. The van der Waals surface area contributed by atoms with Gasteiger partial charge in [-0.15, -0.1) is 0 Å². The highest BCUT2D eigenvalue weighted by atomic mass is 79.9. The van der Waals surface area contributed by atoms with E-state index in [4.69, 9.17) is 16.3 Å². The summed E-state index contributed by atoms with van der Waals surface area (Å²) in [6.07, 6.45) is 0.942. The number of halogens is 2. The minimum absolute atomic E-state index is 0.0376. The Bertz CT molecular complexity index is 608. The second-order valence-electron chi connectivity index (χ2n) is 4.33. The predicted molar refractivity (Wildman–Crippen MR) is 84.8 cm³/mol. The molecule has 4 heteroatoms. The lowest BCUT2D eigenvalue weighted by Crippen LogP contribution is -2.02. The van der Waals surface area contributed by atoms with E-state index in [1.807, 2.05) is 13.0 Å². The molecule has 0 aliphatic heterocycles. The smallest absolute Gasteiger partial charge is 0.193 e. The van der Waals surface area contributed by atoms with Crippen LogP contribution >= 0.6 is 27.5 Å². The van der Waals surface area contributed by atoms with Crippen molar-refractivity contribution in [2.45, 2.75) is 13.3 Å². The molecule has 0 atom stereocenters. The molecule has 0 N–H and O–H groups in total. The van der Waals surface area contributed by atoms with Gasteiger partial charge >= 0.3 is 0 Å². The molecule has 2 aromatic carbocycles. The van der Waals surface area contributed by atoms with Crippen LogP contribution in [-0.2, 0) is 0 Å². The fourth-order valence-corrected chi connectivity index (χ4v) is 2.36. The molecular formula is C16H14BrClO2. The normalized spacial score (nSPS) is 10.3. The number of rotatable bonds is 5. The average molecular weight is 354 g/mol. The number of carbonyl (C=O) groups is 1. The first-order valence-electron chi connectivity index (χ1n) is 6.34. The van der Waals surface area contributed by atoms with Crippen molar-refractivity contribution in [3.05, 3.63) is 63.1 Å². The first-order valence-corrected chi connectivity index (χ1v) is 7.51. The van der Waals surface area contributed by atoms with Crippen molar-refractivity contribution in [1.29, 1.82) is 0 Å². The molecule has 104 valence electrons. The molecule has 20 heavy (non-hydrogen) atoms. The first kappa shape index (κ1) is 15.1. The van der Waals surface area contributed by atoms with Crippen LogP contribution in [0.15, 0.2) is 46.9 Å². The summed E-state index contributed by atoms with van der Waals surface area (Å²) in [5, 5.41) is 0.617. The molecule has 2 aromatic rings. The summed E-state index contributed by atoms with van der Waals surface area (Å²) >= 11 is 9.25. The van der Waals surface area contributed by atoms with Crippen LogP contribution in [0.25, 0.3) is 0 Å². The Balaban J connectivity index is 2.22. The molecule has 0 radical (unpaired) electrons. The van der Waals surface area contributed by atoms with Crippen molar-refractivity contribution in [3.8, 4) is 5.75 Å². The van der Waals surface area contributed by atoms with Crippen molar-refractivity contribution in [2.24, 2.45) is 0 Å². The van der Waals surface area contributed by atoms with Crippen LogP contribution in [0.3, 0.4) is 0 Å². The van der Waals surface area contributed by atoms with Crippen molar-refractivity contribution >= 4 is 33.3 Å². The molecule has 0 aliphatic carbocycles. The van der Waals surface area contributed by atoms with Crippen molar-refractivity contribution in [3.63, 3.8) is 0 Å². The van der Waals surface area contributed by atoms with Crippen molar-refractivity contribution in [2.75, 3.05) is 6.61 Å². The van der Waals surface area contributed by atoms with E-state index in [-0.39, 0.29) is 5.78 Å². The Morgan fingerprint density at radius 1 is 1.15 bits per heavy atom. The van der Waals surface area contributed by atoms with Crippen LogP contribution in [-0.4, -0.2) is 12.4 Å². The zero-order chi connectivity index (χ0) is 14.5. The van der Waals surface area contributed by atoms with Crippen molar-refractivity contribution in [1.82, 2.24) is 0 Å². The molecule has 0 unspecified atom stereocenters. The van der Waals surface area contributed by atoms with Gasteiger partial charge in [-0.05, 0) is 64.8 Å². The lowest BCUT2D eigenvalue weighted by molar-refractivity contribution is 0.103. The molecule has 0 saturated heterocycles. The van der Waals surface area contributed by atoms with Gasteiger partial charge in [-0.1, -0.05) is 18.5 Å². The maximum atomic E-state index is 12.3. The number of hydrogen-bond donors (Lipinski definition) is 0. The monoisotopic (exact) mass is 352 g/mol. The lowest BCUT2D eigenvalue weighted by atomic mass is 10.0. The van der Waals surface area contributed by atoms with Gasteiger partial charge in [0.05, 0.1) is 11.1 Å². The number of ether oxygens (including phenoxy) is 1. The van der Waals surface area contributed by atoms with Gasteiger partial charge in [-0.3, -0.25) is 4.79 Å². The zero-order valence-corrected chi connectivity index (χ0v) is 13.4. The van der Waals surface area contributed by atoms with E-state index in [2.05, 4.69) is 15.9 Å². The molecule has 0 amide bonds. The molecule has 0 spiro atoms. The summed E-state index contributed by atoms with van der Waals surface area (Å²) in [7, 11) is 0. The van der Waals surface area contributed by atoms with Crippen LogP contribution in [0.5, 0.6) is 5.75 Å². The standard InChI is InChI=1S/C16H14BrClO2/c1-2-9-20-15-8-5-12(10-14(15)17)16(19)11-3-6-13(18)7-4-11/h3-8,10H,2,9H2,1H3. The Kier molecular flexibility index (Phi) is 5.21. The first-order chi connectivity index (χ1) is 9.61. The molecule has 0 bridgehead atoms. The molecule has 2 nitrogen and oxygen atoms in total. The molecule has 0 fully saturated rings. The van der Waals surface area contributed by atoms with Gasteiger partial charge < -0.3 is 4.74 Å². The lowest BCUT2D eigenvalue weighted by Gasteiger charge is -2.08. The van der Waals surface area contributed by atoms with Crippen LogP contribution in [0.1, 0.15) is 29.3 Å². The highest BCUT2D eigenvalue weighted by Crippen LogP contribution is 2.27. The summed E-state index contributed by atoms with van der Waals surface area (Å²) in [5.41, 5.74) is 1.23. The van der Waals surface area contributed by atoms with E-state index in [0.29, 0.717) is 22.8 Å². The topological polar surface area (TPSA) is 26.3 Å². The number of carbonyl (C=O) groups excluding carboxylic acids is 1. The second kappa shape index (κ2) is 6.91. The molecule has 2 rings (SSSR count). The molecule has 0 saturated carbocycles. The Morgan fingerprint density at radius 3 is 2.40 bits per heavy atom. The van der Waals surface area contributed by atoms with Crippen molar-refractivity contribution < 1.29 is 9.53 Å². The van der Waals surface area contributed by atoms with E-state index < -0.39 is 0 Å². The van der Waals surface area contributed by atoms with Gasteiger partial charge in [0.25, 0.3) is 0 Å². The average Bonchev–Trinajstić information content (AvgIpc) is 2.46. The maximum Gasteiger partial charge on any atom is 0.193 e. The van der Waals surface area contributed by atoms with E-state index >= 15 is 0 Å². The zero-order valence-electron chi connectivity index (χ0n) is 11.0. The third-order valence-electron chi connectivity index (χ3n) is 2.76.